The van der Waals surface area contributed by atoms with Gasteiger partial charge in [-0.25, -0.2) is 4.57 Å². The van der Waals surface area contributed by atoms with E-state index in [0.717, 1.165) is 70.6 Å². The number of likely N-dealkylation sites (N-methyl/N-ethyl adjacent to an activating group) is 1. The van der Waals surface area contributed by atoms with Gasteiger partial charge in [-0.05, 0) is 57.8 Å². The van der Waals surface area contributed by atoms with Crippen LogP contribution in [-0.2, 0) is 32.7 Å². The molecule has 0 spiro atoms. The molecule has 0 radical (unpaired) electrons. The number of rotatable bonds is 47. The minimum absolute atomic E-state index is 0.0187. The highest BCUT2D eigenvalue weighted by Crippen LogP contribution is 2.43. The summed E-state index contributed by atoms with van der Waals surface area (Å²) in [5, 5.41) is 8.81. The van der Waals surface area contributed by atoms with Gasteiger partial charge in [-0.3, -0.25) is 18.6 Å². The molecule has 0 bridgehead atoms. The Morgan fingerprint density at radius 2 is 0.937 bits per heavy atom. The summed E-state index contributed by atoms with van der Waals surface area (Å²) in [4.78, 5) is 35.5. The third-order valence-electron chi connectivity index (χ3n) is 10.9. The van der Waals surface area contributed by atoms with Crippen LogP contribution in [-0.4, -0.2) is 86.6 Å². The van der Waals surface area contributed by atoms with E-state index >= 15 is 0 Å². The van der Waals surface area contributed by atoms with Gasteiger partial charge in [-0.15, -0.1) is 0 Å². The number of allylic oxidation sites excluding steroid dienone is 8. The van der Waals surface area contributed by atoms with Crippen molar-refractivity contribution in [3.63, 3.8) is 0 Å². The molecule has 1 unspecified atom stereocenters. The average Bonchev–Trinajstić information content (AvgIpc) is 3.24. The highest BCUT2D eigenvalue weighted by molar-refractivity contribution is 7.47. The third kappa shape index (κ3) is 49.2. The molecule has 0 aromatic rings. The van der Waals surface area contributed by atoms with Gasteiger partial charge in [-0.2, -0.15) is 0 Å². The third-order valence-corrected chi connectivity index (χ3v) is 11.9. The van der Waals surface area contributed by atoms with Crippen LogP contribution in [0.5, 0.6) is 0 Å². The van der Waals surface area contributed by atoms with Crippen LogP contribution in [0.25, 0.3) is 0 Å². The molecule has 0 aliphatic heterocycles. The Kier molecular flexibility index (Phi) is 43.6. The van der Waals surface area contributed by atoms with Crippen LogP contribution in [0, 0.1) is 0 Å². The number of phosphoric acid groups is 1. The second-order valence-electron chi connectivity index (χ2n) is 18.3. The molecule has 63 heavy (non-hydrogen) atoms. The van der Waals surface area contributed by atoms with Crippen molar-refractivity contribution in [2.75, 3.05) is 54.1 Å². The molecule has 0 rings (SSSR count). The Morgan fingerprint density at radius 1 is 0.524 bits per heavy atom. The number of unbranched alkanes of at least 4 members (excludes halogenated alkanes) is 24. The molecule has 0 aromatic carbocycles. The number of quaternary nitrogens is 1. The summed E-state index contributed by atoms with van der Waals surface area (Å²) in [6, 6.07) is 0. The van der Waals surface area contributed by atoms with Gasteiger partial charge in [0.2, 0.25) is 0 Å². The normalized spacial score (nSPS) is 13.8. The number of hydrogen-bond acceptors (Lipinski definition) is 8. The van der Waals surface area contributed by atoms with Gasteiger partial charge in [0.05, 0.1) is 27.7 Å². The first-order valence-electron chi connectivity index (χ1n) is 25.5. The smallest absolute Gasteiger partial charge is 0.462 e. The molecule has 0 amide bonds. The molecule has 0 aliphatic rings. The number of aliphatic hydroxyl groups excluding tert-OH is 1. The van der Waals surface area contributed by atoms with E-state index in [9.17, 15) is 19.0 Å². The number of hydrogen-bond donors (Lipinski definition) is 2. The SMILES string of the molecule is CCCCCCCCCCCCCCCCCCCCCCCC(=O)O[C@H](COC(=O)CCC/C=C\C/C=C\C/C=C\C/C=C\CCCCCO)COP(=O)(O)OCC[N+](C)(C)C. The second-order valence-corrected chi connectivity index (χ2v) is 19.7. The largest absolute Gasteiger partial charge is 0.472 e. The highest BCUT2D eigenvalue weighted by atomic mass is 31.2. The fourth-order valence-corrected chi connectivity index (χ4v) is 7.67. The van der Waals surface area contributed by atoms with Crippen molar-refractivity contribution >= 4 is 19.8 Å². The maximum absolute atomic E-state index is 12.8. The zero-order chi connectivity index (χ0) is 46.4. The molecule has 0 heterocycles. The van der Waals surface area contributed by atoms with Gasteiger partial charge in [0, 0.05) is 19.4 Å². The average molecular weight is 911 g/mol. The van der Waals surface area contributed by atoms with E-state index in [1.165, 1.54) is 109 Å². The van der Waals surface area contributed by atoms with E-state index in [0.29, 0.717) is 23.9 Å². The lowest BCUT2D eigenvalue weighted by molar-refractivity contribution is -0.870. The number of phosphoric ester groups is 1. The first-order valence-corrected chi connectivity index (χ1v) is 27.0. The number of ether oxygens (including phenoxy) is 2. The fraction of sp³-hybridized carbons (Fsp3) is 0.808. The van der Waals surface area contributed by atoms with Crippen molar-refractivity contribution < 1.29 is 47.2 Å². The second kappa shape index (κ2) is 45.1. The number of carbonyl (C=O) groups excluding carboxylic acids is 2. The lowest BCUT2D eigenvalue weighted by Crippen LogP contribution is -2.37. The Bertz CT molecular complexity index is 1210. The Labute approximate surface area is 386 Å². The van der Waals surface area contributed by atoms with Gasteiger partial charge in [0.1, 0.15) is 19.8 Å². The van der Waals surface area contributed by atoms with Crippen molar-refractivity contribution in [1.82, 2.24) is 0 Å². The molecular weight excluding hydrogens is 814 g/mol. The summed E-state index contributed by atoms with van der Waals surface area (Å²) in [7, 11) is 1.43. The minimum Gasteiger partial charge on any atom is -0.462 e. The van der Waals surface area contributed by atoms with E-state index in [4.69, 9.17) is 23.6 Å². The van der Waals surface area contributed by atoms with E-state index in [1.54, 1.807) is 0 Å². The van der Waals surface area contributed by atoms with Gasteiger partial charge in [-0.1, -0.05) is 190 Å². The highest BCUT2D eigenvalue weighted by Gasteiger charge is 2.27. The summed E-state index contributed by atoms with van der Waals surface area (Å²) >= 11 is 0. The fourth-order valence-electron chi connectivity index (χ4n) is 6.93. The number of aliphatic hydroxyl groups is 1. The Hall–Kier alpha value is -2.07. The minimum atomic E-state index is -4.40. The summed E-state index contributed by atoms with van der Waals surface area (Å²) in [6.45, 7) is 2.39. The van der Waals surface area contributed by atoms with Gasteiger partial charge in [0.15, 0.2) is 6.10 Å². The molecule has 10 nitrogen and oxygen atoms in total. The van der Waals surface area contributed by atoms with E-state index < -0.39 is 32.5 Å². The van der Waals surface area contributed by atoms with Crippen molar-refractivity contribution in [3.8, 4) is 0 Å². The molecule has 11 heteroatoms. The monoisotopic (exact) mass is 911 g/mol. The quantitative estimate of drug-likeness (QED) is 0.0202. The number of carbonyl (C=O) groups is 2. The zero-order valence-corrected chi connectivity index (χ0v) is 41.9. The summed E-state index contributed by atoms with van der Waals surface area (Å²) in [5.74, 6) is -0.871. The maximum Gasteiger partial charge on any atom is 0.472 e. The van der Waals surface area contributed by atoms with E-state index in [2.05, 4.69) is 55.5 Å². The first-order chi connectivity index (χ1) is 30.5. The van der Waals surface area contributed by atoms with Crippen LogP contribution in [0.1, 0.15) is 212 Å². The van der Waals surface area contributed by atoms with Gasteiger partial charge < -0.3 is 24.0 Å². The number of esters is 2. The summed E-state index contributed by atoms with van der Waals surface area (Å²) in [5.41, 5.74) is 0. The molecule has 0 aliphatic carbocycles. The van der Waals surface area contributed by atoms with Crippen molar-refractivity contribution in [1.29, 1.82) is 0 Å². The van der Waals surface area contributed by atoms with Gasteiger partial charge in [0.25, 0.3) is 0 Å². The molecule has 0 aromatic heterocycles. The topological polar surface area (TPSA) is 129 Å². The summed E-state index contributed by atoms with van der Waals surface area (Å²) < 4.78 is 34.4. The predicted molar refractivity (Wildman–Crippen MR) is 263 cm³/mol. The lowest BCUT2D eigenvalue weighted by atomic mass is 10.0. The molecule has 0 saturated heterocycles. The van der Waals surface area contributed by atoms with Crippen LogP contribution < -0.4 is 0 Å². The Balaban J connectivity index is 4.31. The van der Waals surface area contributed by atoms with Gasteiger partial charge >= 0.3 is 19.8 Å². The molecule has 368 valence electrons. The zero-order valence-electron chi connectivity index (χ0n) is 41.0. The summed E-state index contributed by atoms with van der Waals surface area (Å²) in [6.07, 6.45) is 51.9. The number of nitrogens with zero attached hydrogens (tertiary/aromatic N) is 1. The first kappa shape index (κ1) is 60.9. The van der Waals surface area contributed by atoms with Crippen LogP contribution in [0.4, 0.5) is 0 Å². The van der Waals surface area contributed by atoms with Crippen molar-refractivity contribution in [2.45, 2.75) is 218 Å². The molecule has 2 N–H and O–H groups in total. The predicted octanol–water partition coefficient (Wildman–Crippen LogP) is 14.0. The van der Waals surface area contributed by atoms with Crippen molar-refractivity contribution in [2.24, 2.45) is 0 Å². The van der Waals surface area contributed by atoms with Crippen LogP contribution in [0.15, 0.2) is 48.6 Å². The van der Waals surface area contributed by atoms with Crippen LogP contribution >= 0.6 is 7.82 Å². The van der Waals surface area contributed by atoms with Crippen LogP contribution in [0.3, 0.4) is 0 Å². The molecule has 0 saturated carbocycles. The van der Waals surface area contributed by atoms with Crippen molar-refractivity contribution in [3.05, 3.63) is 48.6 Å². The van der Waals surface area contributed by atoms with Crippen LogP contribution in [0.2, 0.25) is 0 Å². The lowest BCUT2D eigenvalue weighted by Gasteiger charge is -2.24. The Morgan fingerprint density at radius 3 is 1.40 bits per heavy atom. The standard InChI is InChI=1S/C52H96NO9P/c1-5-6-7-8-9-10-11-12-13-14-15-16-17-19-23-26-29-32-35-38-41-44-52(56)62-50(49-61-63(57,58)60-47-45-53(2,3)4)48-59-51(55)43-40-37-34-31-28-25-22-20-18-21-24-27-30-33-36-39-42-46-54/h18,21-22,25,27,30-31,34,50,54H,5-17,19-20,23-24,26,28-29,32-33,35-49H2,1-4H3/p+1/b21-18-,25-22-,30-27-,34-31-/t50-/m1/s1. The van der Waals surface area contributed by atoms with E-state index in [1.807, 2.05) is 21.1 Å². The molecular formula is C52H97NO9P+. The molecule has 0 fully saturated rings. The van der Waals surface area contributed by atoms with E-state index in [-0.39, 0.29) is 32.7 Å². The molecule has 2 atom stereocenters. The maximum atomic E-state index is 12.8.